The molecule has 4 aromatic rings. The van der Waals surface area contributed by atoms with E-state index in [4.69, 9.17) is 4.74 Å². The molecule has 0 spiro atoms. The van der Waals surface area contributed by atoms with E-state index in [1.54, 1.807) is 18.7 Å². The highest BCUT2D eigenvalue weighted by molar-refractivity contribution is 5.78. The van der Waals surface area contributed by atoms with Gasteiger partial charge in [-0.1, -0.05) is 6.07 Å². The maximum absolute atomic E-state index is 5.78. The lowest BCUT2D eigenvalue weighted by molar-refractivity contribution is 0.290. The van der Waals surface area contributed by atoms with Gasteiger partial charge in [-0.3, -0.25) is 10.1 Å². The molecular weight excluding hydrogens is 328 g/mol. The number of hydrogen-bond donors (Lipinski definition) is 1. The molecule has 0 fully saturated rings. The van der Waals surface area contributed by atoms with E-state index in [9.17, 15) is 0 Å². The van der Waals surface area contributed by atoms with Crippen molar-refractivity contribution in [3.8, 4) is 28.4 Å². The molecule has 0 atom stereocenters. The van der Waals surface area contributed by atoms with Gasteiger partial charge >= 0.3 is 0 Å². The highest BCUT2D eigenvalue weighted by Crippen LogP contribution is 2.30. The largest absolute Gasteiger partial charge is 0.471 e. The van der Waals surface area contributed by atoms with Crippen LogP contribution in [0, 0.1) is 6.92 Å². The van der Waals surface area contributed by atoms with Crippen molar-refractivity contribution in [2.45, 2.75) is 13.5 Å². The minimum atomic E-state index is 0.370. The normalized spacial score (nSPS) is 10.8. The molecular formula is C19H18N6O. The van der Waals surface area contributed by atoms with E-state index in [2.05, 4.69) is 25.1 Å². The van der Waals surface area contributed by atoms with Crippen LogP contribution in [0.4, 0.5) is 0 Å². The fourth-order valence-electron chi connectivity index (χ4n) is 2.73. The van der Waals surface area contributed by atoms with Crippen molar-refractivity contribution in [3.63, 3.8) is 0 Å². The number of rotatable bonds is 5. The van der Waals surface area contributed by atoms with E-state index in [0.717, 1.165) is 33.9 Å². The van der Waals surface area contributed by atoms with Crippen molar-refractivity contribution in [2.75, 3.05) is 0 Å². The summed E-state index contributed by atoms with van der Waals surface area (Å²) in [7, 11) is 1.93. The van der Waals surface area contributed by atoms with Crippen molar-refractivity contribution >= 4 is 0 Å². The second-order valence-electron chi connectivity index (χ2n) is 6.02. The van der Waals surface area contributed by atoms with Gasteiger partial charge in [0.1, 0.15) is 6.61 Å². The lowest BCUT2D eigenvalue weighted by Crippen LogP contribution is -1.98. The number of hydrogen-bond acceptors (Lipinski definition) is 5. The first-order valence-electron chi connectivity index (χ1n) is 8.22. The number of aryl methyl sites for hydroxylation is 2. The van der Waals surface area contributed by atoms with Gasteiger partial charge < -0.3 is 9.30 Å². The van der Waals surface area contributed by atoms with Crippen LogP contribution in [-0.4, -0.2) is 29.7 Å². The molecule has 4 rings (SSSR count). The number of nitrogens with zero attached hydrogens (tertiary/aromatic N) is 5. The number of nitrogens with one attached hydrogen (secondary N) is 1. The first-order chi connectivity index (χ1) is 12.7. The van der Waals surface area contributed by atoms with Crippen LogP contribution >= 0.6 is 0 Å². The van der Waals surface area contributed by atoms with Gasteiger partial charge in [0.2, 0.25) is 5.88 Å². The Morgan fingerprint density at radius 1 is 1.19 bits per heavy atom. The van der Waals surface area contributed by atoms with E-state index >= 15 is 0 Å². The van der Waals surface area contributed by atoms with Gasteiger partial charge in [-0.05, 0) is 30.7 Å². The van der Waals surface area contributed by atoms with Crippen molar-refractivity contribution in [3.05, 3.63) is 66.6 Å². The van der Waals surface area contributed by atoms with Crippen LogP contribution < -0.4 is 4.74 Å². The minimum absolute atomic E-state index is 0.370. The molecule has 4 heterocycles. The molecule has 0 aliphatic carbocycles. The van der Waals surface area contributed by atoms with Crippen LogP contribution in [0.2, 0.25) is 0 Å². The summed E-state index contributed by atoms with van der Waals surface area (Å²) in [6, 6.07) is 9.74. The SMILES string of the molecule is Cc1cccc(-c2[nH]ncc2-c2ccnc(OCc3cn(C)cn3)c2)n1. The van der Waals surface area contributed by atoms with E-state index in [1.807, 2.05) is 55.1 Å². The molecule has 7 nitrogen and oxygen atoms in total. The predicted molar refractivity (Wildman–Crippen MR) is 97.3 cm³/mol. The van der Waals surface area contributed by atoms with Crippen LogP contribution in [-0.2, 0) is 13.7 Å². The molecule has 130 valence electrons. The Bertz CT molecular complexity index is 1040. The molecule has 0 aliphatic heterocycles. The third-order valence-electron chi connectivity index (χ3n) is 3.96. The van der Waals surface area contributed by atoms with Crippen molar-refractivity contribution in [1.29, 1.82) is 0 Å². The fourth-order valence-corrected chi connectivity index (χ4v) is 2.73. The highest BCUT2D eigenvalue weighted by atomic mass is 16.5. The standard InChI is InChI=1S/C19H18N6O/c1-13-4-3-5-17(23-13)19-16(9-22-24-19)14-6-7-20-18(8-14)26-11-15-10-25(2)12-21-15/h3-10,12H,11H2,1-2H3,(H,22,24). The van der Waals surface area contributed by atoms with Gasteiger partial charge in [-0.25, -0.2) is 9.97 Å². The molecule has 4 aromatic heterocycles. The molecule has 0 unspecified atom stereocenters. The summed E-state index contributed by atoms with van der Waals surface area (Å²) in [4.78, 5) is 13.1. The summed E-state index contributed by atoms with van der Waals surface area (Å²) >= 11 is 0. The van der Waals surface area contributed by atoms with E-state index in [1.165, 1.54) is 0 Å². The summed E-state index contributed by atoms with van der Waals surface area (Å²) in [6.45, 7) is 2.34. The molecule has 0 aliphatic rings. The minimum Gasteiger partial charge on any atom is -0.471 e. The lowest BCUT2D eigenvalue weighted by Gasteiger charge is -2.07. The van der Waals surface area contributed by atoms with Crippen molar-refractivity contribution in [1.82, 2.24) is 29.7 Å². The molecule has 0 bridgehead atoms. The van der Waals surface area contributed by atoms with Gasteiger partial charge in [0.05, 0.1) is 29.6 Å². The Hall–Kier alpha value is -3.48. The van der Waals surface area contributed by atoms with E-state index < -0.39 is 0 Å². The number of imidazole rings is 1. The zero-order chi connectivity index (χ0) is 17.9. The third kappa shape index (κ3) is 3.32. The second kappa shape index (κ2) is 6.79. The highest BCUT2D eigenvalue weighted by Gasteiger charge is 2.12. The average Bonchev–Trinajstić information content (AvgIpc) is 3.29. The van der Waals surface area contributed by atoms with Crippen LogP contribution in [0.15, 0.2) is 55.2 Å². The Kier molecular flexibility index (Phi) is 4.18. The first-order valence-corrected chi connectivity index (χ1v) is 8.22. The summed E-state index contributed by atoms with van der Waals surface area (Å²) in [6.07, 6.45) is 7.18. The van der Waals surface area contributed by atoms with Crippen LogP contribution in [0.25, 0.3) is 22.5 Å². The summed E-state index contributed by atoms with van der Waals surface area (Å²) in [5.74, 6) is 0.539. The Morgan fingerprint density at radius 3 is 2.92 bits per heavy atom. The number of aromatic nitrogens is 6. The summed E-state index contributed by atoms with van der Waals surface area (Å²) < 4.78 is 7.66. The summed E-state index contributed by atoms with van der Waals surface area (Å²) in [5.41, 5.74) is 5.45. The molecule has 26 heavy (non-hydrogen) atoms. The molecule has 1 N–H and O–H groups in total. The van der Waals surface area contributed by atoms with Gasteiger partial charge in [0, 0.05) is 36.8 Å². The predicted octanol–water partition coefficient (Wildman–Crippen LogP) is 3.15. The number of H-pyrrole nitrogens is 1. The van der Waals surface area contributed by atoms with Crippen molar-refractivity contribution in [2.24, 2.45) is 7.05 Å². The van der Waals surface area contributed by atoms with Crippen LogP contribution in [0.3, 0.4) is 0 Å². The topological polar surface area (TPSA) is 81.5 Å². The first kappa shape index (κ1) is 16.0. The Morgan fingerprint density at radius 2 is 2.12 bits per heavy atom. The smallest absolute Gasteiger partial charge is 0.214 e. The van der Waals surface area contributed by atoms with Gasteiger partial charge in [0.25, 0.3) is 0 Å². The quantitative estimate of drug-likeness (QED) is 0.600. The molecule has 0 amide bonds. The number of pyridine rings is 2. The molecule has 0 saturated heterocycles. The fraction of sp³-hybridized carbons (Fsp3) is 0.158. The van der Waals surface area contributed by atoms with E-state index in [0.29, 0.717) is 12.5 Å². The number of aromatic amines is 1. The monoisotopic (exact) mass is 346 g/mol. The molecule has 0 aromatic carbocycles. The maximum atomic E-state index is 5.78. The Labute approximate surface area is 150 Å². The maximum Gasteiger partial charge on any atom is 0.214 e. The van der Waals surface area contributed by atoms with Gasteiger partial charge in [-0.15, -0.1) is 0 Å². The Balaban J connectivity index is 1.60. The average molecular weight is 346 g/mol. The van der Waals surface area contributed by atoms with Crippen molar-refractivity contribution < 1.29 is 4.74 Å². The lowest BCUT2D eigenvalue weighted by atomic mass is 10.1. The zero-order valence-electron chi connectivity index (χ0n) is 14.5. The van der Waals surface area contributed by atoms with Crippen LogP contribution in [0.1, 0.15) is 11.4 Å². The molecule has 0 radical (unpaired) electrons. The number of ether oxygens (including phenoxy) is 1. The van der Waals surface area contributed by atoms with Gasteiger partial charge in [0.15, 0.2) is 0 Å². The van der Waals surface area contributed by atoms with E-state index in [-0.39, 0.29) is 0 Å². The summed E-state index contributed by atoms with van der Waals surface area (Å²) in [5, 5.41) is 7.23. The second-order valence-corrected chi connectivity index (χ2v) is 6.02. The van der Waals surface area contributed by atoms with Crippen LogP contribution in [0.5, 0.6) is 5.88 Å². The molecule has 0 saturated carbocycles. The third-order valence-corrected chi connectivity index (χ3v) is 3.96. The zero-order valence-corrected chi connectivity index (χ0v) is 14.5. The van der Waals surface area contributed by atoms with Gasteiger partial charge in [-0.2, -0.15) is 5.10 Å². The molecule has 7 heteroatoms.